The molecule has 2 heteroatoms. The van der Waals surface area contributed by atoms with E-state index in [-0.39, 0.29) is 0 Å². The van der Waals surface area contributed by atoms with Crippen molar-refractivity contribution in [1.82, 2.24) is 5.32 Å². The summed E-state index contributed by atoms with van der Waals surface area (Å²) in [7, 11) is 0. The van der Waals surface area contributed by atoms with Crippen LogP contribution in [0.25, 0.3) is 0 Å². The average Bonchev–Trinajstić information content (AvgIpc) is 2.20. The second-order valence-electron chi connectivity index (χ2n) is 3.62. The van der Waals surface area contributed by atoms with E-state index in [9.17, 15) is 0 Å². The Labute approximate surface area is 88.1 Å². The van der Waals surface area contributed by atoms with Crippen LogP contribution in [0.1, 0.15) is 46.5 Å². The fourth-order valence-corrected chi connectivity index (χ4v) is 2.30. The molecule has 0 fully saturated rings. The molecule has 0 unspecified atom stereocenters. The second kappa shape index (κ2) is 7.69. The number of hydrogen-bond acceptors (Lipinski definition) is 2. The molecule has 0 aromatic rings. The predicted octanol–water partition coefficient (Wildman–Crippen LogP) is 3.30. The van der Waals surface area contributed by atoms with E-state index in [1.807, 2.05) is 11.8 Å². The van der Waals surface area contributed by atoms with Crippen LogP contribution in [0.4, 0.5) is 0 Å². The summed E-state index contributed by atoms with van der Waals surface area (Å²) in [5.74, 6) is 0. The van der Waals surface area contributed by atoms with Crippen molar-refractivity contribution in [2.24, 2.45) is 0 Å². The zero-order valence-corrected chi connectivity index (χ0v) is 10.5. The van der Waals surface area contributed by atoms with Gasteiger partial charge in [-0.15, -0.1) is 0 Å². The fourth-order valence-electron chi connectivity index (χ4n) is 1.48. The fraction of sp³-hybridized carbons (Fsp3) is 1.00. The minimum atomic E-state index is 0.480. The van der Waals surface area contributed by atoms with Gasteiger partial charge in [-0.3, -0.25) is 0 Å². The molecule has 0 aliphatic rings. The van der Waals surface area contributed by atoms with Gasteiger partial charge in [-0.1, -0.05) is 27.2 Å². The molecule has 0 aliphatic carbocycles. The van der Waals surface area contributed by atoms with Crippen molar-refractivity contribution >= 4 is 11.8 Å². The van der Waals surface area contributed by atoms with E-state index >= 15 is 0 Å². The van der Waals surface area contributed by atoms with Crippen LogP contribution in [0.2, 0.25) is 0 Å². The Morgan fingerprint density at radius 2 is 1.77 bits per heavy atom. The number of thioether (sulfide) groups is 1. The maximum absolute atomic E-state index is 3.56. The Kier molecular flexibility index (Phi) is 7.87. The Morgan fingerprint density at radius 3 is 2.15 bits per heavy atom. The van der Waals surface area contributed by atoms with Crippen LogP contribution in [0, 0.1) is 0 Å². The molecule has 1 nitrogen and oxygen atoms in total. The van der Waals surface area contributed by atoms with Crippen molar-refractivity contribution < 1.29 is 0 Å². The average molecular weight is 203 g/mol. The van der Waals surface area contributed by atoms with E-state index in [4.69, 9.17) is 0 Å². The molecule has 0 amide bonds. The lowest BCUT2D eigenvalue weighted by Crippen LogP contribution is -2.36. The maximum atomic E-state index is 3.56. The van der Waals surface area contributed by atoms with Crippen LogP contribution in [-0.4, -0.2) is 24.1 Å². The SMILES string of the molecule is CCCCNCC(CC)(CC)SC. The summed E-state index contributed by atoms with van der Waals surface area (Å²) in [5, 5.41) is 3.56. The zero-order chi connectivity index (χ0) is 10.2. The third-order valence-corrected chi connectivity index (χ3v) is 4.46. The molecule has 0 bridgehead atoms. The Hall–Kier alpha value is 0.310. The molecular weight excluding hydrogens is 178 g/mol. The molecular formula is C11H25NS. The van der Waals surface area contributed by atoms with Crippen LogP contribution < -0.4 is 5.32 Å². The quantitative estimate of drug-likeness (QED) is 0.608. The van der Waals surface area contributed by atoms with Crippen molar-refractivity contribution in [3.05, 3.63) is 0 Å². The summed E-state index contributed by atoms with van der Waals surface area (Å²) in [6, 6.07) is 0. The van der Waals surface area contributed by atoms with E-state index in [0.29, 0.717) is 4.75 Å². The standard InChI is InChI=1S/C11H25NS/c1-5-8-9-12-10-11(6-2,7-3)13-4/h12H,5-10H2,1-4H3. The molecule has 0 aromatic heterocycles. The first-order valence-corrected chi connectivity index (χ1v) is 6.73. The van der Waals surface area contributed by atoms with Gasteiger partial charge in [0.25, 0.3) is 0 Å². The van der Waals surface area contributed by atoms with Crippen LogP contribution in [0.5, 0.6) is 0 Å². The van der Waals surface area contributed by atoms with E-state index in [2.05, 4.69) is 32.3 Å². The van der Waals surface area contributed by atoms with Gasteiger partial charge >= 0.3 is 0 Å². The van der Waals surface area contributed by atoms with Crippen molar-refractivity contribution in [2.75, 3.05) is 19.3 Å². The van der Waals surface area contributed by atoms with Gasteiger partial charge in [0, 0.05) is 11.3 Å². The van der Waals surface area contributed by atoms with Crippen LogP contribution >= 0.6 is 11.8 Å². The molecule has 80 valence electrons. The topological polar surface area (TPSA) is 12.0 Å². The molecule has 1 N–H and O–H groups in total. The minimum absolute atomic E-state index is 0.480. The van der Waals surface area contributed by atoms with Gasteiger partial charge in [0.1, 0.15) is 0 Å². The first-order valence-electron chi connectivity index (χ1n) is 5.50. The van der Waals surface area contributed by atoms with Gasteiger partial charge in [-0.25, -0.2) is 0 Å². The largest absolute Gasteiger partial charge is 0.315 e. The van der Waals surface area contributed by atoms with Gasteiger partial charge in [0.05, 0.1) is 0 Å². The van der Waals surface area contributed by atoms with E-state index in [0.717, 1.165) is 0 Å². The van der Waals surface area contributed by atoms with Crippen LogP contribution in [0.3, 0.4) is 0 Å². The molecule has 0 saturated heterocycles. The lowest BCUT2D eigenvalue weighted by Gasteiger charge is -2.29. The number of unbranched alkanes of at least 4 members (excludes halogenated alkanes) is 1. The molecule has 0 saturated carbocycles. The molecule has 0 aliphatic heterocycles. The summed E-state index contributed by atoms with van der Waals surface area (Å²) in [5.41, 5.74) is 0. The lowest BCUT2D eigenvalue weighted by atomic mass is 10.0. The highest BCUT2D eigenvalue weighted by Gasteiger charge is 2.23. The van der Waals surface area contributed by atoms with Gasteiger partial charge in [-0.05, 0) is 32.1 Å². The summed E-state index contributed by atoms with van der Waals surface area (Å²) in [6.07, 6.45) is 7.36. The first kappa shape index (κ1) is 13.3. The summed E-state index contributed by atoms with van der Waals surface area (Å²) in [4.78, 5) is 0. The first-order chi connectivity index (χ1) is 6.24. The number of nitrogens with one attached hydrogen (secondary N) is 1. The van der Waals surface area contributed by atoms with Gasteiger partial charge in [0.15, 0.2) is 0 Å². The zero-order valence-electron chi connectivity index (χ0n) is 9.65. The van der Waals surface area contributed by atoms with Crippen molar-refractivity contribution in [1.29, 1.82) is 0 Å². The third kappa shape index (κ3) is 4.92. The minimum Gasteiger partial charge on any atom is -0.315 e. The highest BCUT2D eigenvalue weighted by atomic mass is 32.2. The number of rotatable bonds is 8. The Morgan fingerprint density at radius 1 is 1.15 bits per heavy atom. The van der Waals surface area contributed by atoms with Crippen LogP contribution in [0.15, 0.2) is 0 Å². The highest BCUT2D eigenvalue weighted by Crippen LogP contribution is 2.29. The monoisotopic (exact) mass is 203 g/mol. The summed E-state index contributed by atoms with van der Waals surface area (Å²) < 4.78 is 0.480. The maximum Gasteiger partial charge on any atom is 0.0276 e. The van der Waals surface area contributed by atoms with E-state index in [1.165, 1.54) is 38.8 Å². The Bertz CT molecular complexity index is 102. The van der Waals surface area contributed by atoms with Crippen molar-refractivity contribution in [3.63, 3.8) is 0 Å². The highest BCUT2D eigenvalue weighted by molar-refractivity contribution is 8.00. The lowest BCUT2D eigenvalue weighted by molar-refractivity contribution is 0.490. The molecule has 0 atom stereocenters. The van der Waals surface area contributed by atoms with E-state index in [1.54, 1.807) is 0 Å². The summed E-state index contributed by atoms with van der Waals surface area (Å²) in [6.45, 7) is 9.17. The number of hydrogen-bond donors (Lipinski definition) is 1. The predicted molar refractivity (Wildman–Crippen MR) is 64.6 cm³/mol. The second-order valence-corrected chi connectivity index (χ2v) is 4.90. The van der Waals surface area contributed by atoms with Crippen molar-refractivity contribution in [3.8, 4) is 0 Å². The molecule has 0 radical (unpaired) electrons. The van der Waals surface area contributed by atoms with Crippen LogP contribution in [-0.2, 0) is 0 Å². The molecule has 0 rings (SSSR count). The molecule has 13 heavy (non-hydrogen) atoms. The molecule has 0 spiro atoms. The normalized spacial score (nSPS) is 12.0. The summed E-state index contributed by atoms with van der Waals surface area (Å²) >= 11 is 2.01. The van der Waals surface area contributed by atoms with E-state index < -0.39 is 0 Å². The molecule has 0 heterocycles. The third-order valence-electron chi connectivity index (χ3n) is 2.88. The Balaban J connectivity index is 3.68. The van der Waals surface area contributed by atoms with Gasteiger partial charge < -0.3 is 5.32 Å². The molecule has 0 aromatic carbocycles. The van der Waals surface area contributed by atoms with Gasteiger partial charge in [0.2, 0.25) is 0 Å². The van der Waals surface area contributed by atoms with Gasteiger partial charge in [-0.2, -0.15) is 11.8 Å². The van der Waals surface area contributed by atoms with Crippen molar-refractivity contribution in [2.45, 2.75) is 51.2 Å². The smallest absolute Gasteiger partial charge is 0.0276 e.